The first-order valence-electron chi connectivity index (χ1n) is 8.44. The van der Waals surface area contributed by atoms with Gasteiger partial charge in [0.25, 0.3) is 5.91 Å². The zero-order chi connectivity index (χ0) is 18.8. The molecular formula is C18H22ClN5O2. The van der Waals surface area contributed by atoms with Crippen molar-refractivity contribution in [2.75, 3.05) is 7.05 Å². The van der Waals surface area contributed by atoms with Gasteiger partial charge >= 0.3 is 0 Å². The van der Waals surface area contributed by atoms with E-state index in [1.807, 2.05) is 31.6 Å². The Morgan fingerprint density at radius 1 is 1.35 bits per heavy atom. The molecule has 0 saturated carbocycles. The van der Waals surface area contributed by atoms with Crippen LogP contribution in [-0.4, -0.2) is 37.4 Å². The van der Waals surface area contributed by atoms with Crippen LogP contribution in [0, 0.1) is 13.8 Å². The average Bonchev–Trinajstić information content (AvgIpc) is 3.32. The lowest BCUT2D eigenvalue weighted by Crippen LogP contribution is -2.25. The minimum atomic E-state index is -0.174. The molecule has 0 spiro atoms. The lowest BCUT2D eigenvalue weighted by Gasteiger charge is -2.14. The van der Waals surface area contributed by atoms with Gasteiger partial charge < -0.3 is 9.32 Å². The fourth-order valence-corrected chi connectivity index (χ4v) is 2.88. The van der Waals surface area contributed by atoms with Gasteiger partial charge in [-0.2, -0.15) is 10.2 Å². The van der Waals surface area contributed by atoms with Crippen molar-refractivity contribution in [2.24, 2.45) is 0 Å². The van der Waals surface area contributed by atoms with Crippen LogP contribution >= 0.6 is 11.6 Å². The molecule has 3 rings (SSSR count). The summed E-state index contributed by atoms with van der Waals surface area (Å²) in [5, 5.41) is 9.26. The predicted octanol–water partition coefficient (Wildman–Crippen LogP) is 3.28. The van der Waals surface area contributed by atoms with Crippen LogP contribution in [0.25, 0.3) is 0 Å². The maximum absolute atomic E-state index is 12.6. The first-order chi connectivity index (χ1) is 12.4. The van der Waals surface area contributed by atoms with Crippen molar-refractivity contribution >= 4 is 17.5 Å². The molecule has 0 unspecified atom stereocenters. The van der Waals surface area contributed by atoms with Gasteiger partial charge in [0.15, 0.2) is 5.76 Å². The molecule has 138 valence electrons. The Morgan fingerprint density at radius 2 is 2.12 bits per heavy atom. The predicted molar refractivity (Wildman–Crippen MR) is 98.2 cm³/mol. The number of hydrogen-bond acceptors (Lipinski definition) is 4. The van der Waals surface area contributed by atoms with E-state index in [1.54, 1.807) is 35.0 Å². The number of rotatable bonds is 6. The van der Waals surface area contributed by atoms with Crippen LogP contribution in [0.3, 0.4) is 0 Å². The molecule has 26 heavy (non-hydrogen) atoms. The molecule has 0 aliphatic rings. The van der Waals surface area contributed by atoms with Gasteiger partial charge in [0, 0.05) is 31.9 Å². The molecule has 1 amide bonds. The van der Waals surface area contributed by atoms with Crippen molar-refractivity contribution in [3.63, 3.8) is 0 Å². The molecule has 3 aromatic heterocycles. The van der Waals surface area contributed by atoms with E-state index in [1.165, 1.54) is 0 Å². The molecule has 0 aromatic carbocycles. The minimum absolute atomic E-state index is 0.174. The van der Waals surface area contributed by atoms with Crippen LogP contribution in [0.1, 0.15) is 40.2 Å². The molecule has 0 N–H and O–H groups in total. The zero-order valence-corrected chi connectivity index (χ0v) is 16.1. The maximum atomic E-state index is 12.6. The van der Waals surface area contributed by atoms with Crippen molar-refractivity contribution in [3.05, 3.63) is 58.0 Å². The van der Waals surface area contributed by atoms with E-state index in [0.29, 0.717) is 29.6 Å². The molecule has 3 aromatic rings. The van der Waals surface area contributed by atoms with Crippen molar-refractivity contribution in [1.82, 2.24) is 24.5 Å². The number of carbonyl (C=O) groups is 1. The molecule has 0 fully saturated rings. The second-order valence-electron chi connectivity index (χ2n) is 6.27. The largest absolute Gasteiger partial charge is 0.454 e. The molecule has 3 heterocycles. The molecule has 0 atom stereocenters. The number of halogens is 1. The third-order valence-electron chi connectivity index (χ3n) is 4.25. The van der Waals surface area contributed by atoms with Gasteiger partial charge in [-0.1, -0.05) is 11.6 Å². The molecule has 0 bridgehead atoms. The summed E-state index contributed by atoms with van der Waals surface area (Å²) < 4.78 is 9.33. The summed E-state index contributed by atoms with van der Waals surface area (Å²) in [7, 11) is 1.74. The highest BCUT2D eigenvalue weighted by Crippen LogP contribution is 2.21. The lowest BCUT2D eigenvalue weighted by atomic mass is 10.3. The SMILES string of the molecule is CCn1cc(CN(C)C(=O)c2ccc(Cn3nc(C)c(Cl)c3C)o2)cn1. The summed E-state index contributed by atoms with van der Waals surface area (Å²) in [6, 6.07) is 3.48. The monoisotopic (exact) mass is 375 g/mol. The highest BCUT2D eigenvalue weighted by atomic mass is 35.5. The zero-order valence-electron chi connectivity index (χ0n) is 15.4. The van der Waals surface area contributed by atoms with Crippen LogP contribution in [0.2, 0.25) is 5.02 Å². The molecule has 7 nitrogen and oxygen atoms in total. The summed E-state index contributed by atoms with van der Waals surface area (Å²) >= 11 is 6.17. The number of amides is 1. The van der Waals surface area contributed by atoms with E-state index in [4.69, 9.17) is 16.0 Å². The topological polar surface area (TPSA) is 69.1 Å². The first kappa shape index (κ1) is 18.3. The van der Waals surface area contributed by atoms with Crippen molar-refractivity contribution < 1.29 is 9.21 Å². The van der Waals surface area contributed by atoms with Gasteiger partial charge in [0.2, 0.25) is 0 Å². The summed E-state index contributed by atoms with van der Waals surface area (Å²) in [4.78, 5) is 14.2. The van der Waals surface area contributed by atoms with Gasteiger partial charge in [-0.05, 0) is 32.9 Å². The molecular weight excluding hydrogens is 354 g/mol. The van der Waals surface area contributed by atoms with Crippen LogP contribution in [0.5, 0.6) is 0 Å². The van der Waals surface area contributed by atoms with E-state index >= 15 is 0 Å². The number of nitrogens with zero attached hydrogens (tertiary/aromatic N) is 5. The number of carbonyl (C=O) groups excluding carboxylic acids is 1. The number of furan rings is 1. The van der Waals surface area contributed by atoms with Crippen LogP contribution in [0.15, 0.2) is 28.9 Å². The van der Waals surface area contributed by atoms with Crippen molar-refractivity contribution in [3.8, 4) is 0 Å². The second kappa shape index (κ2) is 7.37. The highest BCUT2D eigenvalue weighted by molar-refractivity contribution is 6.31. The smallest absolute Gasteiger partial charge is 0.289 e. The Labute approximate surface area is 157 Å². The van der Waals surface area contributed by atoms with Crippen LogP contribution in [0.4, 0.5) is 0 Å². The molecule has 0 aliphatic carbocycles. The number of aryl methyl sites for hydroxylation is 2. The summed E-state index contributed by atoms with van der Waals surface area (Å²) in [5.41, 5.74) is 2.63. The van der Waals surface area contributed by atoms with Gasteiger partial charge in [-0.3, -0.25) is 14.2 Å². The Morgan fingerprint density at radius 3 is 2.73 bits per heavy atom. The number of aromatic nitrogens is 4. The molecule has 0 aliphatic heterocycles. The van der Waals surface area contributed by atoms with Gasteiger partial charge in [0.05, 0.1) is 29.2 Å². The lowest BCUT2D eigenvalue weighted by molar-refractivity contribution is 0.0751. The fourth-order valence-electron chi connectivity index (χ4n) is 2.75. The molecule has 0 radical (unpaired) electrons. The first-order valence-corrected chi connectivity index (χ1v) is 8.81. The van der Waals surface area contributed by atoms with Crippen LogP contribution in [-0.2, 0) is 19.6 Å². The van der Waals surface area contributed by atoms with E-state index in [9.17, 15) is 4.79 Å². The van der Waals surface area contributed by atoms with E-state index in [2.05, 4.69) is 10.2 Å². The maximum Gasteiger partial charge on any atom is 0.289 e. The van der Waals surface area contributed by atoms with E-state index < -0.39 is 0 Å². The summed E-state index contributed by atoms with van der Waals surface area (Å²) in [6.07, 6.45) is 3.71. The van der Waals surface area contributed by atoms with E-state index in [-0.39, 0.29) is 5.91 Å². The van der Waals surface area contributed by atoms with Crippen molar-refractivity contribution in [2.45, 2.75) is 40.4 Å². The van der Waals surface area contributed by atoms with Crippen LogP contribution < -0.4 is 0 Å². The number of hydrogen-bond donors (Lipinski definition) is 0. The second-order valence-corrected chi connectivity index (χ2v) is 6.65. The van der Waals surface area contributed by atoms with Gasteiger partial charge in [0.1, 0.15) is 5.76 Å². The van der Waals surface area contributed by atoms with Gasteiger partial charge in [-0.15, -0.1) is 0 Å². The third kappa shape index (κ3) is 3.67. The van der Waals surface area contributed by atoms with Gasteiger partial charge in [-0.25, -0.2) is 0 Å². The average molecular weight is 376 g/mol. The Bertz CT molecular complexity index is 924. The molecule has 0 saturated heterocycles. The Kier molecular flexibility index (Phi) is 5.18. The Hall–Kier alpha value is -2.54. The third-order valence-corrected chi connectivity index (χ3v) is 4.80. The normalized spacial score (nSPS) is 11.1. The quantitative estimate of drug-likeness (QED) is 0.663. The molecule has 8 heteroatoms. The minimum Gasteiger partial charge on any atom is -0.454 e. The highest BCUT2D eigenvalue weighted by Gasteiger charge is 2.18. The van der Waals surface area contributed by atoms with E-state index in [0.717, 1.165) is 23.5 Å². The standard InChI is InChI=1S/C18H22ClN5O2/c1-5-23-10-14(8-20-23)9-22(4)18(25)16-7-6-15(26-16)11-24-13(3)17(19)12(2)21-24/h6-8,10H,5,9,11H2,1-4H3. The van der Waals surface area contributed by atoms with Crippen molar-refractivity contribution in [1.29, 1.82) is 0 Å². The summed E-state index contributed by atoms with van der Waals surface area (Å²) in [5.74, 6) is 0.785. The fraction of sp³-hybridized carbons (Fsp3) is 0.389. The Balaban J connectivity index is 1.68. The summed E-state index contributed by atoms with van der Waals surface area (Å²) in [6.45, 7) is 7.49.